The molecule has 165 valence electrons. The first-order valence-corrected chi connectivity index (χ1v) is 11.3. The number of carboxylic acids is 1. The molecule has 0 unspecified atom stereocenters. The van der Waals surface area contributed by atoms with Gasteiger partial charge in [-0.05, 0) is 49.8 Å². The molecule has 1 N–H and O–H groups in total. The van der Waals surface area contributed by atoms with Crippen LogP contribution in [-0.2, 0) is 6.42 Å². The molecule has 0 aliphatic heterocycles. The van der Waals surface area contributed by atoms with Crippen LogP contribution in [0, 0.1) is 0 Å². The van der Waals surface area contributed by atoms with Crippen LogP contribution in [0.25, 0.3) is 28.2 Å². The largest absolute Gasteiger partial charge is 0.478 e. The molecule has 4 nitrogen and oxygen atoms in total. The van der Waals surface area contributed by atoms with Gasteiger partial charge in [0.25, 0.3) is 0 Å². The van der Waals surface area contributed by atoms with E-state index in [-0.39, 0.29) is 29.6 Å². The molecule has 0 saturated carbocycles. The zero-order chi connectivity index (χ0) is 22.6. The van der Waals surface area contributed by atoms with E-state index in [1.165, 1.54) is 5.57 Å². The van der Waals surface area contributed by atoms with E-state index < -0.39 is 5.97 Å². The zero-order valence-electron chi connectivity index (χ0n) is 19.3. The molecule has 1 radical (unpaired) electrons. The van der Waals surface area contributed by atoms with Crippen molar-refractivity contribution in [2.45, 2.75) is 32.1 Å². The summed E-state index contributed by atoms with van der Waals surface area (Å²) >= 11 is 0. The molecule has 34 heavy (non-hydrogen) atoms. The third-order valence-corrected chi connectivity index (χ3v) is 6.14. The third-order valence-electron chi connectivity index (χ3n) is 6.14. The van der Waals surface area contributed by atoms with Crippen LogP contribution in [0.1, 0.15) is 47.5 Å². The number of benzene rings is 3. The summed E-state index contributed by atoms with van der Waals surface area (Å²) in [4.78, 5) is 16.4. The molecule has 0 bridgehead atoms. The minimum absolute atomic E-state index is 0. The van der Waals surface area contributed by atoms with Crippen molar-refractivity contribution >= 4 is 41.1 Å². The van der Waals surface area contributed by atoms with Crippen molar-refractivity contribution < 1.29 is 14.3 Å². The average Bonchev–Trinajstić information content (AvgIpc) is 3.31. The maximum absolute atomic E-state index is 11.4. The van der Waals surface area contributed by atoms with Gasteiger partial charge in [0.15, 0.2) is 5.76 Å². The summed E-state index contributed by atoms with van der Waals surface area (Å²) in [7, 11) is 0. The van der Waals surface area contributed by atoms with E-state index in [1.807, 2.05) is 60.7 Å². The number of carboxylic acid groups (broad SMARTS) is 1. The second kappa shape index (κ2) is 11.0. The van der Waals surface area contributed by atoms with Crippen molar-refractivity contribution in [3.8, 4) is 22.6 Å². The van der Waals surface area contributed by atoms with Crippen LogP contribution in [0.4, 0.5) is 0 Å². The number of oxazole rings is 1. The Labute approximate surface area is 221 Å². The van der Waals surface area contributed by atoms with Crippen LogP contribution < -0.4 is 0 Å². The Morgan fingerprint density at radius 3 is 2.24 bits per heavy atom. The number of rotatable bonds is 6. The number of allylic oxidation sites excluding steroid dienone is 2. The van der Waals surface area contributed by atoms with Gasteiger partial charge in [-0.3, -0.25) is 0 Å². The predicted octanol–water partition coefficient (Wildman–Crippen LogP) is 6.90. The molecule has 1 aliphatic carbocycles. The fourth-order valence-electron chi connectivity index (χ4n) is 4.51. The van der Waals surface area contributed by atoms with Gasteiger partial charge in [0, 0.05) is 46.3 Å². The molecule has 0 amide bonds. The quantitative estimate of drug-likeness (QED) is 0.319. The van der Waals surface area contributed by atoms with Gasteiger partial charge in [-0.2, -0.15) is 0 Å². The minimum Gasteiger partial charge on any atom is -0.478 e. The summed E-state index contributed by atoms with van der Waals surface area (Å²) in [6.07, 6.45) is 4.81. The third kappa shape index (κ3) is 5.25. The van der Waals surface area contributed by atoms with Crippen molar-refractivity contribution in [3.05, 3.63) is 108 Å². The maximum Gasteiger partial charge on any atom is 0.335 e. The Balaban J connectivity index is 0.00000274. The molecular weight excluding hydrogens is 433 g/mol. The predicted molar refractivity (Wildman–Crippen MR) is 136 cm³/mol. The van der Waals surface area contributed by atoms with Crippen molar-refractivity contribution in [2.75, 3.05) is 0 Å². The molecule has 0 spiro atoms. The second-order valence-corrected chi connectivity index (χ2v) is 8.40. The van der Waals surface area contributed by atoms with E-state index in [2.05, 4.69) is 12.1 Å². The summed E-state index contributed by atoms with van der Waals surface area (Å²) < 4.78 is 6.46. The molecule has 3 aromatic carbocycles. The normalized spacial score (nSPS) is 13.4. The Kier molecular flexibility index (Phi) is 7.84. The van der Waals surface area contributed by atoms with E-state index in [0.29, 0.717) is 17.9 Å². The van der Waals surface area contributed by atoms with Crippen LogP contribution in [0.2, 0.25) is 0 Å². The first-order valence-electron chi connectivity index (χ1n) is 11.3. The molecule has 1 heterocycles. The molecule has 5 heteroatoms. The number of hydrogen-bond acceptors (Lipinski definition) is 3. The fraction of sp³-hybridized carbons (Fsp3) is 0.172. The van der Waals surface area contributed by atoms with E-state index in [9.17, 15) is 9.90 Å². The Hall–Kier alpha value is -2.92. The van der Waals surface area contributed by atoms with Gasteiger partial charge >= 0.3 is 5.97 Å². The zero-order valence-corrected chi connectivity index (χ0v) is 21.3. The fourth-order valence-corrected chi connectivity index (χ4v) is 4.51. The molecule has 1 aliphatic rings. The van der Waals surface area contributed by atoms with Gasteiger partial charge in [-0.15, -0.1) is 0 Å². The molecule has 0 fully saturated rings. The second-order valence-electron chi connectivity index (χ2n) is 8.40. The average molecular weight is 459 g/mol. The summed E-state index contributed by atoms with van der Waals surface area (Å²) in [5, 5.41) is 9.36. The number of hydrogen-bond donors (Lipinski definition) is 1. The Morgan fingerprint density at radius 1 is 0.853 bits per heavy atom. The summed E-state index contributed by atoms with van der Waals surface area (Å²) in [6.45, 7) is 0. The topological polar surface area (TPSA) is 63.3 Å². The standard InChI is InChI=1S/C29H25NO3.Na/c31-29(32)24-16-9-10-20(19-24)18-23-15-7-8-17-25(23)28-30-26(21-11-3-1-4-12-21)27(33-28)22-13-5-2-6-14-22;/h1-6,9-14,16,19H,7-8,15,17-18H2,(H,31,32);. The summed E-state index contributed by atoms with van der Waals surface area (Å²) in [5.74, 6) is 0.557. The van der Waals surface area contributed by atoms with Crippen LogP contribution in [0.3, 0.4) is 0 Å². The van der Waals surface area contributed by atoms with E-state index >= 15 is 0 Å². The molecule has 0 saturated heterocycles. The Morgan fingerprint density at radius 2 is 1.53 bits per heavy atom. The summed E-state index contributed by atoms with van der Waals surface area (Å²) in [5.41, 5.74) is 6.63. The smallest absolute Gasteiger partial charge is 0.335 e. The number of aromatic carboxylic acids is 1. The number of aromatic nitrogens is 1. The van der Waals surface area contributed by atoms with Gasteiger partial charge in [-0.1, -0.05) is 78.4 Å². The van der Waals surface area contributed by atoms with Gasteiger partial charge in [-0.25, -0.2) is 9.78 Å². The van der Waals surface area contributed by atoms with Gasteiger partial charge in [0.05, 0.1) is 5.56 Å². The van der Waals surface area contributed by atoms with Crippen LogP contribution in [0.15, 0.2) is 94.9 Å². The SMILES string of the molecule is O=C(O)c1cccc(CC2=C(c3nc(-c4ccccc4)c(-c4ccccc4)o3)CCCC2)c1.[Na]. The molecular formula is C29H25NNaO3. The monoisotopic (exact) mass is 458 g/mol. The molecule has 4 aromatic rings. The molecule has 0 atom stereocenters. The van der Waals surface area contributed by atoms with E-state index in [1.54, 1.807) is 12.1 Å². The van der Waals surface area contributed by atoms with Crippen LogP contribution >= 0.6 is 0 Å². The van der Waals surface area contributed by atoms with Crippen LogP contribution in [-0.4, -0.2) is 45.6 Å². The van der Waals surface area contributed by atoms with Gasteiger partial charge in [0.2, 0.25) is 5.89 Å². The van der Waals surface area contributed by atoms with E-state index in [4.69, 9.17) is 9.40 Å². The van der Waals surface area contributed by atoms with Crippen molar-refractivity contribution in [1.82, 2.24) is 4.98 Å². The van der Waals surface area contributed by atoms with Crippen molar-refractivity contribution in [3.63, 3.8) is 0 Å². The first kappa shape index (κ1) is 24.2. The van der Waals surface area contributed by atoms with Crippen molar-refractivity contribution in [1.29, 1.82) is 0 Å². The van der Waals surface area contributed by atoms with Crippen LogP contribution in [0.5, 0.6) is 0 Å². The first-order chi connectivity index (χ1) is 16.2. The van der Waals surface area contributed by atoms with Gasteiger partial charge < -0.3 is 9.52 Å². The Bertz CT molecular complexity index is 1250. The van der Waals surface area contributed by atoms with Gasteiger partial charge in [0.1, 0.15) is 5.69 Å². The maximum atomic E-state index is 11.4. The van der Waals surface area contributed by atoms with Crippen molar-refractivity contribution in [2.24, 2.45) is 0 Å². The summed E-state index contributed by atoms with van der Waals surface area (Å²) in [6, 6.07) is 27.4. The number of carbonyl (C=O) groups is 1. The molecule has 1 aromatic heterocycles. The molecule has 5 rings (SSSR count). The minimum atomic E-state index is -0.901. The van der Waals surface area contributed by atoms with E-state index in [0.717, 1.165) is 59.4 Å². The number of nitrogens with zero attached hydrogens (tertiary/aromatic N) is 1.